The zero-order valence-corrected chi connectivity index (χ0v) is 18.4. The fourth-order valence-electron chi connectivity index (χ4n) is 3.85. The van der Waals surface area contributed by atoms with Crippen LogP contribution in [0.5, 0.6) is 5.75 Å². The average molecular weight is 437 g/mol. The highest BCUT2D eigenvalue weighted by Crippen LogP contribution is 2.31. The van der Waals surface area contributed by atoms with Gasteiger partial charge in [-0.3, -0.25) is 0 Å². The Labute approximate surface area is 191 Å². The maximum absolute atomic E-state index is 9.71. The molecule has 6 heteroatoms. The molecule has 5 rings (SSSR count). The Morgan fingerprint density at radius 1 is 1.00 bits per heavy atom. The lowest BCUT2D eigenvalue weighted by Crippen LogP contribution is -1.97. The van der Waals surface area contributed by atoms with Crippen LogP contribution in [0.3, 0.4) is 0 Å². The molecule has 0 bridgehead atoms. The van der Waals surface area contributed by atoms with E-state index in [-0.39, 0.29) is 0 Å². The Hall–Kier alpha value is -4.16. The van der Waals surface area contributed by atoms with E-state index in [2.05, 4.69) is 26.3 Å². The number of H-pyrrole nitrogens is 1. The largest absolute Gasteiger partial charge is 0.496 e. The Kier molecular flexibility index (Phi) is 5.50. The van der Waals surface area contributed by atoms with Crippen molar-refractivity contribution in [2.45, 2.75) is 13.0 Å². The van der Waals surface area contributed by atoms with Gasteiger partial charge in [-0.05, 0) is 48.4 Å². The van der Waals surface area contributed by atoms with Crippen molar-refractivity contribution in [3.63, 3.8) is 0 Å². The number of fused-ring (bicyclic) bond motifs is 2. The summed E-state index contributed by atoms with van der Waals surface area (Å²) in [6.45, 7) is 1.76. The molecule has 2 aromatic heterocycles. The van der Waals surface area contributed by atoms with Crippen molar-refractivity contribution in [1.82, 2.24) is 15.0 Å². The molecule has 164 valence electrons. The summed E-state index contributed by atoms with van der Waals surface area (Å²) in [4.78, 5) is 12.1. The first-order valence-corrected chi connectivity index (χ1v) is 10.7. The molecule has 0 saturated carbocycles. The van der Waals surface area contributed by atoms with Crippen LogP contribution in [-0.2, 0) is 0 Å². The normalized spacial score (nSPS) is 12.5. The number of ether oxygens (including phenoxy) is 1. The lowest BCUT2D eigenvalue weighted by atomic mass is 10.1. The predicted octanol–water partition coefficient (Wildman–Crippen LogP) is 6.09. The molecule has 6 nitrogen and oxygen atoms in total. The summed E-state index contributed by atoms with van der Waals surface area (Å²) in [6.07, 6.45) is 7.03. The summed E-state index contributed by atoms with van der Waals surface area (Å²) < 4.78 is 5.62. The van der Waals surface area contributed by atoms with Gasteiger partial charge in [0.2, 0.25) is 0 Å². The van der Waals surface area contributed by atoms with Gasteiger partial charge in [0.25, 0.3) is 0 Å². The molecule has 0 aliphatic heterocycles. The Balaban J connectivity index is 1.50. The van der Waals surface area contributed by atoms with Crippen LogP contribution < -0.4 is 10.1 Å². The van der Waals surface area contributed by atoms with Gasteiger partial charge in [-0.25, -0.2) is 9.97 Å². The van der Waals surface area contributed by atoms with Crippen LogP contribution in [0.4, 0.5) is 11.5 Å². The monoisotopic (exact) mass is 436 g/mol. The lowest BCUT2D eigenvalue weighted by Gasteiger charge is -2.12. The second-order valence-corrected chi connectivity index (χ2v) is 7.91. The molecule has 3 N–H and O–H groups in total. The molecule has 3 aromatic carbocycles. The molecule has 1 atom stereocenters. The molecule has 1 unspecified atom stereocenters. The maximum atomic E-state index is 9.71. The maximum Gasteiger partial charge on any atom is 0.141 e. The van der Waals surface area contributed by atoms with Crippen molar-refractivity contribution < 1.29 is 9.84 Å². The van der Waals surface area contributed by atoms with Crippen LogP contribution in [-0.4, -0.2) is 27.2 Å². The molecular formula is C27H24N4O2. The summed E-state index contributed by atoms with van der Waals surface area (Å²) in [5.74, 6) is 1.46. The van der Waals surface area contributed by atoms with Gasteiger partial charge in [0.15, 0.2) is 0 Å². The van der Waals surface area contributed by atoms with Gasteiger partial charge in [0.05, 0.1) is 18.7 Å². The van der Waals surface area contributed by atoms with E-state index < -0.39 is 6.10 Å². The minimum absolute atomic E-state index is 0.479. The van der Waals surface area contributed by atoms with Crippen molar-refractivity contribution in [3.8, 4) is 5.75 Å². The minimum Gasteiger partial charge on any atom is -0.496 e. The number of nitrogens with zero attached hydrogens (tertiary/aromatic N) is 2. The van der Waals surface area contributed by atoms with Crippen LogP contribution in [0.15, 0.2) is 73.2 Å². The third kappa shape index (κ3) is 4.29. The molecule has 0 saturated heterocycles. The summed E-state index contributed by atoms with van der Waals surface area (Å²) in [5, 5.41) is 15.2. The highest BCUT2D eigenvalue weighted by atomic mass is 16.5. The lowest BCUT2D eigenvalue weighted by molar-refractivity contribution is 0.199. The topological polar surface area (TPSA) is 83.1 Å². The quantitative estimate of drug-likeness (QED) is 0.281. The first-order valence-electron chi connectivity index (χ1n) is 10.7. The summed E-state index contributed by atoms with van der Waals surface area (Å²) in [5.41, 5.74) is 5.68. The number of benzene rings is 3. The molecule has 2 heterocycles. The van der Waals surface area contributed by atoms with Gasteiger partial charge in [0, 0.05) is 39.8 Å². The Bertz CT molecular complexity index is 1450. The first kappa shape index (κ1) is 20.7. The van der Waals surface area contributed by atoms with E-state index in [1.54, 1.807) is 20.4 Å². The Morgan fingerprint density at radius 2 is 1.85 bits per heavy atom. The Morgan fingerprint density at radius 3 is 2.64 bits per heavy atom. The molecule has 0 fully saturated rings. The van der Waals surface area contributed by atoms with Crippen LogP contribution in [0.2, 0.25) is 0 Å². The van der Waals surface area contributed by atoms with Crippen LogP contribution >= 0.6 is 0 Å². The van der Waals surface area contributed by atoms with Crippen molar-refractivity contribution in [2.75, 3.05) is 12.4 Å². The van der Waals surface area contributed by atoms with Crippen LogP contribution in [0.1, 0.15) is 29.7 Å². The predicted molar refractivity (Wildman–Crippen MR) is 134 cm³/mol. The SMILES string of the molecule is COc1cc2ncnc(Nc3ccc4[nH]ccc4c3)c2cc1/C=C/c1ccc(C(C)O)cc1. The highest BCUT2D eigenvalue weighted by molar-refractivity contribution is 5.95. The van der Waals surface area contributed by atoms with Crippen molar-refractivity contribution >= 4 is 45.5 Å². The standard InChI is InChI=1S/C27H24N4O2/c1-17(32)19-6-3-18(4-7-19)5-8-21-14-23-25(15-26(21)33-2)29-16-30-27(23)31-22-9-10-24-20(13-22)11-12-28-24/h3-17,28,32H,1-2H3,(H,29,30,31)/b8-5+. The summed E-state index contributed by atoms with van der Waals surface area (Å²) >= 11 is 0. The van der Waals surface area contributed by atoms with Gasteiger partial charge in [-0.15, -0.1) is 0 Å². The average Bonchev–Trinajstić information content (AvgIpc) is 3.30. The van der Waals surface area contributed by atoms with E-state index in [4.69, 9.17) is 4.74 Å². The molecule has 0 aliphatic carbocycles. The highest BCUT2D eigenvalue weighted by Gasteiger charge is 2.10. The first-order chi connectivity index (χ1) is 16.1. The van der Waals surface area contributed by atoms with Gasteiger partial charge >= 0.3 is 0 Å². The second kappa shape index (κ2) is 8.76. The van der Waals surface area contributed by atoms with Crippen LogP contribution in [0.25, 0.3) is 34.0 Å². The number of aromatic amines is 1. The van der Waals surface area contributed by atoms with Gasteiger partial charge in [0.1, 0.15) is 17.9 Å². The number of aliphatic hydroxyl groups is 1. The third-order valence-corrected chi connectivity index (χ3v) is 5.68. The number of anilines is 2. The summed E-state index contributed by atoms with van der Waals surface area (Å²) in [6, 6.07) is 20.0. The van der Waals surface area contributed by atoms with E-state index in [0.29, 0.717) is 0 Å². The van der Waals surface area contributed by atoms with E-state index >= 15 is 0 Å². The van der Waals surface area contributed by atoms with E-state index in [0.717, 1.165) is 55.8 Å². The number of nitrogens with one attached hydrogen (secondary N) is 2. The number of hydrogen-bond acceptors (Lipinski definition) is 5. The molecule has 0 radical (unpaired) electrons. The van der Waals surface area contributed by atoms with E-state index in [9.17, 15) is 5.11 Å². The van der Waals surface area contributed by atoms with Crippen LogP contribution in [0, 0.1) is 0 Å². The number of aliphatic hydroxyl groups excluding tert-OH is 1. The van der Waals surface area contributed by atoms with Crippen molar-refractivity contribution in [2.24, 2.45) is 0 Å². The third-order valence-electron chi connectivity index (χ3n) is 5.68. The smallest absolute Gasteiger partial charge is 0.141 e. The molecular weight excluding hydrogens is 412 g/mol. The van der Waals surface area contributed by atoms with Crippen molar-refractivity contribution in [1.29, 1.82) is 0 Å². The zero-order chi connectivity index (χ0) is 22.8. The number of aromatic nitrogens is 3. The number of methoxy groups -OCH3 is 1. The number of rotatable bonds is 6. The van der Waals surface area contributed by atoms with E-state index in [1.165, 1.54) is 0 Å². The zero-order valence-electron chi connectivity index (χ0n) is 18.4. The molecule has 5 aromatic rings. The fourth-order valence-corrected chi connectivity index (χ4v) is 3.85. The minimum atomic E-state index is -0.479. The second-order valence-electron chi connectivity index (χ2n) is 7.91. The molecule has 0 amide bonds. The fraction of sp³-hybridized carbons (Fsp3) is 0.111. The molecule has 0 spiro atoms. The number of hydrogen-bond donors (Lipinski definition) is 3. The summed E-state index contributed by atoms with van der Waals surface area (Å²) in [7, 11) is 1.66. The van der Waals surface area contributed by atoms with Gasteiger partial charge in [-0.1, -0.05) is 36.4 Å². The van der Waals surface area contributed by atoms with E-state index in [1.807, 2.05) is 72.9 Å². The molecule has 33 heavy (non-hydrogen) atoms. The molecule has 0 aliphatic rings. The van der Waals surface area contributed by atoms with Crippen molar-refractivity contribution in [3.05, 3.63) is 89.9 Å². The van der Waals surface area contributed by atoms with Gasteiger partial charge in [-0.2, -0.15) is 0 Å². The van der Waals surface area contributed by atoms with Gasteiger partial charge < -0.3 is 20.1 Å².